The Hall–Kier alpha value is -1.24. The molecule has 1 aromatic carbocycles. The van der Waals surface area contributed by atoms with E-state index in [0.29, 0.717) is 19.6 Å². The molecule has 1 saturated heterocycles. The number of aliphatic hydroxyl groups is 1. The number of likely N-dealkylation sites (N-methyl/N-ethyl adjacent to an activating group) is 1. The third-order valence-corrected chi connectivity index (χ3v) is 5.05. The predicted octanol–water partition coefficient (Wildman–Crippen LogP) is 1.85. The van der Waals surface area contributed by atoms with E-state index in [0.717, 1.165) is 4.90 Å². The number of thioether (sulfide) groups is 1. The Balaban J connectivity index is 2.06. The molecule has 0 aromatic heterocycles. The second-order valence-electron chi connectivity index (χ2n) is 5.28. The largest absolute Gasteiger partial charge is 0.462 e. The van der Waals surface area contributed by atoms with Crippen LogP contribution in [-0.2, 0) is 0 Å². The van der Waals surface area contributed by atoms with Crippen LogP contribution in [0.1, 0.15) is 12.5 Å². The molecule has 1 aliphatic rings. The smallest absolute Gasteiger partial charge is 0.449 e. The summed E-state index contributed by atoms with van der Waals surface area (Å²) in [6.45, 7) is 5.62. The molecule has 6 heteroatoms. The van der Waals surface area contributed by atoms with Crippen molar-refractivity contribution in [2.24, 2.45) is 0 Å². The Morgan fingerprint density at radius 3 is 2.60 bits per heavy atom. The van der Waals surface area contributed by atoms with Gasteiger partial charge in [0.05, 0.1) is 11.8 Å². The zero-order valence-corrected chi connectivity index (χ0v) is 12.6. The van der Waals surface area contributed by atoms with Crippen molar-refractivity contribution in [1.82, 2.24) is 5.43 Å². The number of aliphatic hydroxyl groups excluding tert-OH is 1. The molecular formula is C14H21N2O3S+. The van der Waals surface area contributed by atoms with E-state index in [1.54, 1.807) is 11.8 Å². The molecule has 1 aliphatic heterocycles. The van der Waals surface area contributed by atoms with E-state index in [4.69, 9.17) is 5.11 Å². The topological polar surface area (TPSA) is 69.6 Å². The van der Waals surface area contributed by atoms with Crippen molar-refractivity contribution in [3.05, 3.63) is 29.8 Å². The number of rotatable bonds is 4. The van der Waals surface area contributed by atoms with Crippen LogP contribution >= 0.6 is 11.8 Å². The summed E-state index contributed by atoms with van der Waals surface area (Å²) in [6.07, 6.45) is -1.55. The van der Waals surface area contributed by atoms with Crippen LogP contribution in [-0.4, -0.2) is 51.9 Å². The number of carboxylic acid groups (broad SMARTS) is 1. The Bertz CT molecular complexity index is 480. The zero-order chi connectivity index (χ0) is 14.8. The summed E-state index contributed by atoms with van der Waals surface area (Å²) in [5.74, 6) is 0. The molecule has 0 bridgehead atoms. The molecule has 1 unspecified atom stereocenters. The first kappa shape index (κ1) is 15.2. The van der Waals surface area contributed by atoms with Crippen LogP contribution in [0.2, 0.25) is 0 Å². The van der Waals surface area contributed by atoms with Crippen molar-refractivity contribution in [2.45, 2.75) is 30.1 Å². The first-order valence-corrected chi connectivity index (χ1v) is 7.61. The van der Waals surface area contributed by atoms with Crippen molar-refractivity contribution in [2.75, 3.05) is 19.6 Å². The van der Waals surface area contributed by atoms with Gasteiger partial charge in [0.2, 0.25) is 0 Å². The van der Waals surface area contributed by atoms with Crippen LogP contribution in [0.25, 0.3) is 0 Å². The fourth-order valence-corrected chi connectivity index (χ4v) is 3.80. The minimum Gasteiger partial charge on any atom is -0.462 e. The van der Waals surface area contributed by atoms with Crippen LogP contribution in [0, 0.1) is 6.92 Å². The van der Waals surface area contributed by atoms with Crippen LogP contribution in [0.3, 0.4) is 0 Å². The number of aryl methyl sites for hydroxylation is 1. The van der Waals surface area contributed by atoms with Gasteiger partial charge >= 0.3 is 6.09 Å². The summed E-state index contributed by atoms with van der Waals surface area (Å²) in [4.78, 5) is 12.0. The first-order valence-electron chi connectivity index (χ1n) is 6.73. The summed E-state index contributed by atoms with van der Waals surface area (Å²) < 4.78 is 0.222. The molecule has 2 rings (SSSR count). The molecule has 110 valence electrons. The summed E-state index contributed by atoms with van der Waals surface area (Å²) in [5, 5.41) is 19.2. The molecular weight excluding hydrogens is 276 g/mol. The van der Waals surface area contributed by atoms with Gasteiger partial charge < -0.3 is 10.2 Å². The van der Waals surface area contributed by atoms with E-state index < -0.39 is 12.2 Å². The maximum atomic E-state index is 10.9. The number of hydrogen-bond donors (Lipinski definition) is 3. The number of amides is 1. The summed E-state index contributed by atoms with van der Waals surface area (Å²) in [7, 11) is 0. The van der Waals surface area contributed by atoms with Crippen LogP contribution < -0.4 is 5.43 Å². The lowest BCUT2D eigenvalue weighted by atomic mass is 10.2. The molecule has 3 N–H and O–H groups in total. The average Bonchev–Trinajstić information content (AvgIpc) is 2.68. The van der Waals surface area contributed by atoms with Gasteiger partial charge in [-0.15, -0.1) is 11.8 Å². The number of likely N-dealkylation sites (tertiary alicyclic amines) is 1. The highest BCUT2D eigenvalue weighted by atomic mass is 32.2. The molecule has 0 aliphatic carbocycles. The number of hydrogen-bond acceptors (Lipinski definition) is 3. The van der Waals surface area contributed by atoms with Gasteiger partial charge in [-0.25, -0.2) is 9.39 Å². The van der Waals surface area contributed by atoms with Gasteiger partial charge in [0.1, 0.15) is 19.2 Å². The normalized spacial score (nSPS) is 29.4. The monoisotopic (exact) mass is 297 g/mol. The highest BCUT2D eigenvalue weighted by Gasteiger charge is 2.45. The van der Waals surface area contributed by atoms with Crippen molar-refractivity contribution in [1.29, 1.82) is 0 Å². The van der Waals surface area contributed by atoms with Crippen molar-refractivity contribution >= 4 is 17.9 Å². The molecule has 1 amide bonds. The standard InChI is InChI=1S/C14H20N2O3S/c1-3-16(15-14(18)19)8-12(17)13(9-16)20-11-6-4-10(2)5-7-11/h4-7,12-13,15,17H,3,8-9H2,1-2H3/p+1/t12-,13?,16-/m0/s1. The third kappa shape index (κ3) is 3.45. The summed E-state index contributed by atoms with van der Waals surface area (Å²) >= 11 is 1.61. The van der Waals surface area contributed by atoms with Crippen LogP contribution in [0.15, 0.2) is 29.2 Å². The van der Waals surface area contributed by atoms with Gasteiger partial charge in [0, 0.05) is 4.90 Å². The van der Waals surface area contributed by atoms with E-state index in [1.807, 2.05) is 38.1 Å². The third-order valence-electron chi connectivity index (χ3n) is 3.74. The minimum absolute atomic E-state index is 0.00417. The average molecular weight is 297 g/mol. The van der Waals surface area contributed by atoms with E-state index in [1.165, 1.54) is 5.56 Å². The highest BCUT2D eigenvalue weighted by Crippen LogP contribution is 2.32. The van der Waals surface area contributed by atoms with Gasteiger partial charge in [0.25, 0.3) is 0 Å². The molecule has 20 heavy (non-hydrogen) atoms. The van der Waals surface area contributed by atoms with Crippen molar-refractivity contribution in [3.63, 3.8) is 0 Å². The Morgan fingerprint density at radius 1 is 1.40 bits per heavy atom. The number of benzene rings is 1. The van der Waals surface area contributed by atoms with Crippen LogP contribution in [0.4, 0.5) is 4.79 Å². The van der Waals surface area contributed by atoms with Gasteiger partial charge in [-0.3, -0.25) is 0 Å². The van der Waals surface area contributed by atoms with Gasteiger partial charge in [-0.05, 0) is 26.0 Å². The molecule has 1 aromatic rings. The molecule has 0 saturated carbocycles. The number of quaternary nitrogens is 1. The highest BCUT2D eigenvalue weighted by molar-refractivity contribution is 8.00. The van der Waals surface area contributed by atoms with Gasteiger partial charge in [-0.1, -0.05) is 17.7 Å². The zero-order valence-electron chi connectivity index (χ0n) is 11.7. The fourth-order valence-electron chi connectivity index (χ4n) is 2.56. The van der Waals surface area contributed by atoms with Gasteiger partial charge in [-0.2, -0.15) is 5.43 Å². The van der Waals surface area contributed by atoms with E-state index in [9.17, 15) is 9.90 Å². The molecule has 0 radical (unpaired) electrons. The SMILES string of the molecule is CC[N@@+]1(NC(=O)O)CC(Sc2ccc(C)cc2)[C@@H](O)C1. The Labute approximate surface area is 123 Å². The quantitative estimate of drug-likeness (QED) is 0.742. The van der Waals surface area contributed by atoms with Gasteiger partial charge in [0.15, 0.2) is 0 Å². The van der Waals surface area contributed by atoms with Crippen molar-refractivity contribution < 1.29 is 19.6 Å². The van der Waals surface area contributed by atoms with E-state index >= 15 is 0 Å². The minimum atomic E-state index is -1.04. The second-order valence-corrected chi connectivity index (χ2v) is 6.59. The fraction of sp³-hybridized carbons (Fsp3) is 0.500. The van der Waals surface area contributed by atoms with E-state index in [-0.39, 0.29) is 9.84 Å². The Morgan fingerprint density at radius 2 is 2.05 bits per heavy atom. The van der Waals surface area contributed by atoms with Crippen molar-refractivity contribution in [3.8, 4) is 0 Å². The maximum Gasteiger partial charge on any atom is 0.449 e. The molecule has 5 nitrogen and oxygen atoms in total. The number of nitrogens with one attached hydrogen (secondary N) is 1. The lowest BCUT2D eigenvalue weighted by molar-refractivity contribution is -0.950. The Kier molecular flexibility index (Phi) is 4.57. The second kappa shape index (κ2) is 6.03. The summed E-state index contributed by atoms with van der Waals surface area (Å²) in [6, 6.07) is 8.16. The summed E-state index contributed by atoms with van der Waals surface area (Å²) in [5.41, 5.74) is 3.74. The molecule has 1 fully saturated rings. The molecule has 0 spiro atoms. The first-order chi connectivity index (χ1) is 9.44. The lowest BCUT2D eigenvalue weighted by Crippen LogP contribution is -2.58. The van der Waals surface area contributed by atoms with Crippen LogP contribution in [0.5, 0.6) is 0 Å². The molecule has 3 atom stereocenters. The van der Waals surface area contributed by atoms with E-state index in [2.05, 4.69) is 5.43 Å². The lowest BCUT2D eigenvalue weighted by Gasteiger charge is -2.30. The predicted molar refractivity (Wildman–Crippen MR) is 78.5 cm³/mol. The molecule has 1 heterocycles. The maximum absolute atomic E-state index is 10.9. The number of carbonyl (C=O) groups is 1. The number of nitrogens with zero attached hydrogens (tertiary/aromatic N) is 1.